The van der Waals surface area contributed by atoms with Crippen LogP contribution in [0, 0.1) is 18.3 Å². The van der Waals surface area contributed by atoms with Crippen LogP contribution in [0.1, 0.15) is 50.2 Å². The van der Waals surface area contributed by atoms with Crippen molar-refractivity contribution < 1.29 is 18.7 Å². The normalized spacial score (nSPS) is 19.3. The molecular formula is C21H26FN5O3. The Morgan fingerprint density at radius 3 is 2.83 bits per heavy atom. The molecule has 0 aliphatic carbocycles. The Hall–Kier alpha value is -3.15. The van der Waals surface area contributed by atoms with Crippen LogP contribution in [0.15, 0.2) is 24.5 Å². The minimum atomic E-state index is -1.37. The van der Waals surface area contributed by atoms with Crippen molar-refractivity contribution in [1.29, 1.82) is 5.26 Å². The predicted molar refractivity (Wildman–Crippen MR) is 107 cm³/mol. The molecule has 8 nitrogen and oxygen atoms in total. The first-order valence-corrected chi connectivity index (χ1v) is 9.82. The molecule has 0 N–H and O–H groups in total. The van der Waals surface area contributed by atoms with Gasteiger partial charge in [-0.05, 0) is 46.2 Å². The van der Waals surface area contributed by atoms with E-state index >= 15 is 0 Å². The summed E-state index contributed by atoms with van der Waals surface area (Å²) in [6.07, 6.45) is 1.63. The Morgan fingerprint density at radius 2 is 2.20 bits per heavy atom. The standard InChI is InChI=1S/C21H26FN5O3/c1-14-19(6-5-8-24-14)29-13-15-11-25-27(18(15)10-23)17-7-9-26(12-16(17)22)20(28)30-21(2,3)4/h5-6,8,11,16-17H,7,9,12-13H2,1-4H3. The summed E-state index contributed by atoms with van der Waals surface area (Å²) in [5.74, 6) is 0.614. The molecule has 2 unspecified atom stereocenters. The Morgan fingerprint density at radius 1 is 1.43 bits per heavy atom. The molecule has 3 rings (SSSR count). The van der Waals surface area contributed by atoms with Gasteiger partial charge in [-0.3, -0.25) is 4.98 Å². The number of hydrogen-bond acceptors (Lipinski definition) is 6. The van der Waals surface area contributed by atoms with Crippen LogP contribution in [0.4, 0.5) is 9.18 Å². The molecule has 160 valence electrons. The van der Waals surface area contributed by atoms with Crippen molar-refractivity contribution in [3.05, 3.63) is 41.5 Å². The molecule has 1 saturated heterocycles. The molecule has 1 fully saturated rings. The molecule has 1 aliphatic rings. The minimum absolute atomic E-state index is 0.106. The van der Waals surface area contributed by atoms with E-state index in [2.05, 4.69) is 16.2 Å². The van der Waals surface area contributed by atoms with Gasteiger partial charge in [0.25, 0.3) is 0 Å². The number of carbonyl (C=O) groups excluding carboxylic acids is 1. The maximum atomic E-state index is 14.9. The molecule has 30 heavy (non-hydrogen) atoms. The summed E-state index contributed by atoms with van der Waals surface area (Å²) < 4.78 is 27.4. The first-order chi connectivity index (χ1) is 14.2. The van der Waals surface area contributed by atoms with Crippen LogP contribution < -0.4 is 4.74 Å². The fourth-order valence-corrected chi connectivity index (χ4v) is 3.32. The van der Waals surface area contributed by atoms with Gasteiger partial charge in [-0.25, -0.2) is 13.9 Å². The van der Waals surface area contributed by atoms with E-state index in [1.807, 2.05) is 6.92 Å². The van der Waals surface area contributed by atoms with Crippen LogP contribution in [0.2, 0.25) is 0 Å². The highest BCUT2D eigenvalue weighted by Gasteiger charge is 2.36. The number of nitrogens with zero attached hydrogens (tertiary/aromatic N) is 5. The molecule has 2 aromatic rings. The van der Waals surface area contributed by atoms with E-state index in [9.17, 15) is 14.4 Å². The van der Waals surface area contributed by atoms with Gasteiger partial charge in [0.05, 0.1) is 24.5 Å². The first-order valence-electron chi connectivity index (χ1n) is 9.82. The number of piperidine rings is 1. The molecule has 0 spiro atoms. The third kappa shape index (κ3) is 4.87. The zero-order valence-corrected chi connectivity index (χ0v) is 17.6. The molecule has 1 aliphatic heterocycles. The van der Waals surface area contributed by atoms with Crippen molar-refractivity contribution in [2.45, 2.75) is 58.5 Å². The van der Waals surface area contributed by atoms with Crippen molar-refractivity contribution in [3.8, 4) is 11.8 Å². The lowest BCUT2D eigenvalue weighted by atomic mass is 10.0. The van der Waals surface area contributed by atoms with Crippen LogP contribution in [-0.2, 0) is 11.3 Å². The third-order valence-electron chi connectivity index (χ3n) is 4.79. The summed E-state index contributed by atoms with van der Waals surface area (Å²) in [6, 6.07) is 5.04. The van der Waals surface area contributed by atoms with Gasteiger partial charge in [-0.1, -0.05) is 0 Å². The van der Waals surface area contributed by atoms with E-state index in [0.717, 1.165) is 5.69 Å². The first kappa shape index (κ1) is 21.6. The monoisotopic (exact) mass is 415 g/mol. The lowest BCUT2D eigenvalue weighted by Crippen LogP contribution is -2.47. The minimum Gasteiger partial charge on any atom is -0.487 e. The number of amides is 1. The number of aryl methyl sites for hydroxylation is 1. The van der Waals surface area contributed by atoms with Gasteiger partial charge >= 0.3 is 6.09 Å². The van der Waals surface area contributed by atoms with Gasteiger partial charge in [-0.2, -0.15) is 10.4 Å². The summed E-state index contributed by atoms with van der Waals surface area (Å²) >= 11 is 0. The van der Waals surface area contributed by atoms with Gasteiger partial charge in [0.1, 0.15) is 35.9 Å². The van der Waals surface area contributed by atoms with Crippen LogP contribution in [0.25, 0.3) is 0 Å². The Balaban J connectivity index is 1.69. The molecule has 2 aromatic heterocycles. The van der Waals surface area contributed by atoms with E-state index in [1.54, 1.807) is 39.1 Å². The summed E-state index contributed by atoms with van der Waals surface area (Å²) in [5, 5.41) is 13.9. The van der Waals surface area contributed by atoms with Crippen LogP contribution in [0.3, 0.4) is 0 Å². The largest absolute Gasteiger partial charge is 0.487 e. The number of rotatable bonds is 4. The number of hydrogen-bond donors (Lipinski definition) is 0. The van der Waals surface area contributed by atoms with E-state index < -0.39 is 23.9 Å². The summed E-state index contributed by atoms with van der Waals surface area (Å²) in [4.78, 5) is 17.7. The van der Waals surface area contributed by atoms with E-state index in [1.165, 1.54) is 15.8 Å². The second-order valence-corrected chi connectivity index (χ2v) is 8.25. The zero-order chi connectivity index (χ0) is 21.9. The van der Waals surface area contributed by atoms with Crippen molar-refractivity contribution in [3.63, 3.8) is 0 Å². The smallest absolute Gasteiger partial charge is 0.410 e. The van der Waals surface area contributed by atoms with Crippen molar-refractivity contribution >= 4 is 6.09 Å². The third-order valence-corrected chi connectivity index (χ3v) is 4.79. The average molecular weight is 415 g/mol. The number of alkyl halides is 1. The Bertz CT molecular complexity index is 947. The highest BCUT2D eigenvalue weighted by molar-refractivity contribution is 5.68. The van der Waals surface area contributed by atoms with Gasteiger partial charge < -0.3 is 14.4 Å². The van der Waals surface area contributed by atoms with Crippen LogP contribution >= 0.6 is 0 Å². The lowest BCUT2D eigenvalue weighted by Gasteiger charge is -2.35. The van der Waals surface area contributed by atoms with Gasteiger partial charge in [-0.15, -0.1) is 0 Å². The molecule has 0 aromatic carbocycles. The lowest BCUT2D eigenvalue weighted by molar-refractivity contribution is 0.00568. The number of pyridine rings is 1. The topological polar surface area (TPSA) is 93.3 Å². The average Bonchev–Trinajstić information content (AvgIpc) is 3.08. The number of halogens is 1. The fraction of sp³-hybridized carbons (Fsp3) is 0.524. The van der Waals surface area contributed by atoms with E-state index in [0.29, 0.717) is 24.3 Å². The van der Waals surface area contributed by atoms with E-state index in [-0.39, 0.29) is 18.8 Å². The highest BCUT2D eigenvalue weighted by Crippen LogP contribution is 2.28. The Labute approximate surface area is 175 Å². The molecule has 1 amide bonds. The van der Waals surface area contributed by atoms with Gasteiger partial charge in [0, 0.05) is 18.3 Å². The van der Waals surface area contributed by atoms with Gasteiger partial charge in [0.15, 0.2) is 0 Å². The number of ether oxygens (including phenoxy) is 2. The Kier molecular flexibility index (Phi) is 6.25. The molecule has 0 bridgehead atoms. The molecule has 9 heteroatoms. The number of nitriles is 1. The molecule has 2 atom stereocenters. The SMILES string of the molecule is Cc1ncccc1OCc1cnn(C2CCN(C(=O)OC(C)(C)C)CC2F)c1C#N. The van der Waals surface area contributed by atoms with Crippen molar-refractivity contribution in [1.82, 2.24) is 19.7 Å². The quantitative estimate of drug-likeness (QED) is 0.758. The number of likely N-dealkylation sites (tertiary alicyclic amines) is 1. The van der Waals surface area contributed by atoms with Crippen molar-refractivity contribution in [2.24, 2.45) is 0 Å². The molecule has 3 heterocycles. The second kappa shape index (κ2) is 8.69. The predicted octanol–water partition coefficient (Wildman–Crippen LogP) is 3.56. The second-order valence-electron chi connectivity index (χ2n) is 8.25. The summed E-state index contributed by atoms with van der Waals surface area (Å²) in [5.41, 5.74) is 0.927. The van der Waals surface area contributed by atoms with Crippen LogP contribution in [0.5, 0.6) is 5.75 Å². The maximum absolute atomic E-state index is 14.9. The summed E-state index contributed by atoms with van der Waals surface area (Å²) in [6.45, 7) is 7.48. The zero-order valence-electron chi connectivity index (χ0n) is 17.6. The van der Waals surface area contributed by atoms with Crippen LogP contribution in [-0.4, -0.2) is 50.6 Å². The summed E-state index contributed by atoms with van der Waals surface area (Å²) in [7, 11) is 0. The number of carbonyl (C=O) groups is 1. The van der Waals surface area contributed by atoms with Crippen molar-refractivity contribution in [2.75, 3.05) is 13.1 Å². The van der Waals surface area contributed by atoms with Gasteiger partial charge in [0.2, 0.25) is 0 Å². The highest BCUT2D eigenvalue weighted by atomic mass is 19.1. The maximum Gasteiger partial charge on any atom is 0.410 e. The molecule has 0 saturated carbocycles. The molecule has 0 radical (unpaired) electrons. The van der Waals surface area contributed by atoms with E-state index in [4.69, 9.17) is 9.47 Å². The fourth-order valence-electron chi connectivity index (χ4n) is 3.32. The number of aromatic nitrogens is 3. The molecular weight excluding hydrogens is 389 g/mol.